The molecule has 0 saturated carbocycles. The highest BCUT2D eigenvalue weighted by Gasteiger charge is 2.35. The molecule has 1 aliphatic rings. The Morgan fingerprint density at radius 1 is 1.23 bits per heavy atom. The van der Waals surface area contributed by atoms with Crippen molar-refractivity contribution in [1.82, 2.24) is 14.1 Å². The summed E-state index contributed by atoms with van der Waals surface area (Å²) in [6.45, 7) is 6.11. The van der Waals surface area contributed by atoms with E-state index in [-0.39, 0.29) is 18.0 Å². The van der Waals surface area contributed by atoms with E-state index in [1.54, 1.807) is 14.0 Å². The van der Waals surface area contributed by atoms with Gasteiger partial charge < -0.3 is 24.1 Å². The molecule has 0 bridgehead atoms. The summed E-state index contributed by atoms with van der Waals surface area (Å²) in [5.41, 5.74) is -1.61. The largest absolute Gasteiger partial charge is 0.496 e. The topological polar surface area (TPSA) is 146 Å². The van der Waals surface area contributed by atoms with Crippen molar-refractivity contribution in [2.24, 2.45) is 0 Å². The summed E-state index contributed by atoms with van der Waals surface area (Å²) in [4.78, 5) is 44.2. The predicted molar refractivity (Wildman–Crippen MR) is 150 cm³/mol. The van der Waals surface area contributed by atoms with Gasteiger partial charge in [0.15, 0.2) is 0 Å². The standard InChI is InChI=1S/C23H23N3O6S.C5H10O2/c1-13-16-19(27)26(23(2,3)21(28)29)22(30)25(11-9-14-7-5-6-8-15(14)31-4)20(16)33-17(13)18-24-10-12-32-18;6-5-1-3-7-4-2-5/h5-8,10,12H,9,11H2,1-4H3,(H,28,29);5-6H,1-4H2. The van der Waals surface area contributed by atoms with Crippen molar-refractivity contribution in [3.8, 4) is 16.5 Å². The van der Waals surface area contributed by atoms with Crippen LogP contribution in [0.3, 0.4) is 0 Å². The molecule has 11 nitrogen and oxygen atoms in total. The van der Waals surface area contributed by atoms with Crippen LogP contribution in [0.25, 0.3) is 21.0 Å². The van der Waals surface area contributed by atoms with E-state index < -0.39 is 22.8 Å². The summed E-state index contributed by atoms with van der Waals surface area (Å²) in [5.74, 6) is -0.261. The highest BCUT2D eigenvalue weighted by Crippen LogP contribution is 2.36. The number of carboxylic acids is 1. The summed E-state index contributed by atoms with van der Waals surface area (Å²) in [6.07, 6.45) is 4.92. The van der Waals surface area contributed by atoms with Crippen LogP contribution in [0.15, 0.2) is 50.7 Å². The molecule has 5 rings (SSSR count). The van der Waals surface area contributed by atoms with Gasteiger partial charge in [-0.2, -0.15) is 0 Å². The van der Waals surface area contributed by atoms with Gasteiger partial charge in [0, 0.05) is 19.8 Å². The molecule has 0 spiro atoms. The van der Waals surface area contributed by atoms with Gasteiger partial charge in [0.2, 0.25) is 5.89 Å². The van der Waals surface area contributed by atoms with Crippen molar-refractivity contribution < 1.29 is 28.9 Å². The molecule has 40 heavy (non-hydrogen) atoms. The number of carboxylic acid groups (broad SMARTS) is 1. The molecule has 0 aliphatic carbocycles. The summed E-state index contributed by atoms with van der Waals surface area (Å²) < 4.78 is 18.1. The molecule has 0 radical (unpaired) electrons. The second kappa shape index (κ2) is 12.2. The Labute approximate surface area is 234 Å². The van der Waals surface area contributed by atoms with Gasteiger partial charge in [0.05, 0.1) is 29.7 Å². The van der Waals surface area contributed by atoms with E-state index in [2.05, 4.69) is 4.98 Å². The van der Waals surface area contributed by atoms with Crippen LogP contribution >= 0.6 is 11.3 Å². The molecule has 214 valence electrons. The van der Waals surface area contributed by atoms with E-state index in [0.29, 0.717) is 33.3 Å². The first-order valence-corrected chi connectivity index (χ1v) is 13.7. The van der Waals surface area contributed by atoms with Gasteiger partial charge in [-0.1, -0.05) is 18.2 Å². The predicted octanol–water partition coefficient (Wildman–Crippen LogP) is 3.42. The first kappa shape index (κ1) is 29.2. The maximum atomic E-state index is 13.5. The minimum Gasteiger partial charge on any atom is -0.496 e. The summed E-state index contributed by atoms with van der Waals surface area (Å²) in [7, 11) is 1.57. The zero-order chi connectivity index (χ0) is 29.0. The van der Waals surface area contributed by atoms with E-state index in [9.17, 15) is 19.5 Å². The Bertz CT molecular complexity index is 1590. The molecule has 4 aromatic rings. The number of thiophene rings is 1. The molecule has 1 aromatic carbocycles. The van der Waals surface area contributed by atoms with Crippen LogP contribution in [-0.4, -0.2) is 56.7 Å². The van der Waals surface area contributed by atoms with Crippen LogP contribution in [0.4, 0.5) is 0 Å². The Balaban J connectivity index is 0.000000461. The molecule has 0 amide bonds. The number of rotatable bonds is 7. The number of para-hydroxylation sites is 1. The third kappa shape index (κ3) is 5.74. The Morgan fingerprint density at radius 3 is 2.50 bits per heavy atom. The number of ether oxygens (including phenoxy) is 2. The zero-order valence-corrected chi connectivity index (χ0v) is 23.7. The van der Waals surface area contributed by atoms with Crippen LogP contribution in [0.1, 0.15) is 37.8 Å². The molecular formula is C28H33N3O8S. The van der Waals surface area contributed by atoms with Crippen LogP contribution in [0.2, 0.25) is 0 Å². The molecule has 12 heteroatoms. The summed E-state index contributed by atoms with van der Waals surface area (Å²) >= 11 is 1.22. The SMILES string of the molecule is COc1ccccc1CCn1c(=O)n(C(C)(C)C(=O)O)c(=O)c2c(C)c(-c3ncco3)sc21.OC1CCOCC1. The quantitative estimate of drug-likeness (QED) is 0.341. The minimum atomic E-state index is -1.74. The number of hydrogen-bond acceptors (Lipinski definition) is 9. The Hall–Kier alpha value is -3.74. The first-order valence-electron chi connectivity index (χ1n) is 12.9. The fraction of sp³-hybridized carbons (Fsp3) is 0.429. The Morgan fingerprint density at radius 2 is 1.93 bits per heavy atom. The number of aromatic nitrogens is 3. The molecule has 2 N–H and O–H groups in total. The number of benzene rings is 1. The van der Waals surface area contributed by atoms with Crippen LogP contribution in [0.5, 0.6) is 5.75 Å². The van der Waals surface area contributed by atoms with Gasteiger partial charge in [0.1, 0.15) is 22.4 Å². The van der Waals surface area contributed by atoms with E-state index in [1.807, 2.05) is 24.3 Å². The average molecular weight is 572 g/mol. The van der Waals surface area contributed by atoms with Crippen LogP contribution in [-0.2, 0) is 28.0 Å². The van der Waals surface area contributed by atoms with Gasteiger partial charge in [-0.25, -0.2) is 19.1 Å². The van der Waals surface area contributed by atoms with Crippen molar-refractivity contribution in [1.29, 1.82) is 0 Å². The molecule has 0 atom stereocenters. The highest BCUT2D eigenvalue weighted by molar-refractivity contribution is 7.22. The lowest BCUT2D eigenvalue weighted by Crippen LogP contribution is -2.52. The van der Waals surface area contributed by atoms with E-state index in [4.69, 9.17) is 19.0 Å². The average Bonchev–Trinajstić information content (AvgIpc) is 3.57. The van der Waals surface area contributed by atoms with E-state index >= 15 is 0 Å². The number of carbonyl (C=O) groups is 1. The number of aliphatic hydroxyl groups is 1. The molecule has 4 heterocycles. The van der Waals surface area contributed by atoms with E-state index in [1.165, 1.54) is 42.2 Å². The van der Waals surface area contributed by atoms with Crippen molar-refractivity contribution in [2.45, 2.75) is 58.2 Å². The molecule has 0 unspecified atom stereocenters. The maximum absolute atomic E-state index is 13.5. The molecular weight excluding hydrogens is 538 g/mol. The fourth-order valence-electron chi connectivity index (χ4n) is 4.50. The second-order valence-corrected chi connectivity index (χ2v) is 10.9. The zero-order valence-electron chi connectivity index (χ0n) is 22.9. The molecule has 1 aliphatic heterocycles. The second-order valence-electron chi connectivity index (χ2n) is 9.92. The molecule has 1 fully saturated rings. The van der Waals surface area contributed by atoms with Crippen molar-refractivity contribution in [3.05, 3.63) is 68.7 Å². The fourth-order valence-corrected chi connectivity index (χ4v) is 5.76. The normalized spacial score (nSPS) is 14.1. The van der Waals surface area contributed by atoms with Gasteiger partial charge >= 0.3 is 11.7 Å². The number of hydrogen-bond donors (Lipinski definition) is 2. The van der Waals surface area contributed by atoms with Crippen molar-refractivity contribution in [3.63, 3.8) is 0 Å². The lowest BCUT2D eigenvalue weighted by molar-refractivity contribution is -0.146. The maximum Gasteiger partial charge on any atom is 0.333 e. The lowest BCUT2D eigenvalue weighted by Gasteiger charge is -2.23. The van der Waals surface area contributed by atoms with Crippen LogP contribution in [0, 0.1) is 6.92 Å². The number of aryl methyl sites for hydroxylation is 3. The highest BCUT2D eigenvalue weighted by atomic mass is 32.1. The third-order valence-corrected chi connectivity index (χ3v) is 8.21. The van der Waals surface area contributed by atoms with Gasteiger partial charge in [-0.05, 0) is 57.2 Å². The number of fused-ring (bicyclic) bond motifs is 1. The summed E-state index contributed by atoms with van der Waals surface area (Å²) in [5, 5.41) is 18.9. The number of aliphatic hydroxyl groups excluding tert-OH is 1. The van der Waals surface area contributed by atoms with Crippen molar-refractivity contribution >= 4 is 27.5 Å². The number of methoxy groups -OCH3 is 1. The third-order valence-electron chi connectivity index (χ3n) is 6.91. The number of oxazole rings is 1. The van der Waals surface area contributed by atoms with Gasteiger partial charge in [-0.3, -0.25) is 9.36 Å². The van der Waals surface area contributed by atoms with Crippen LogP contribution < -0.4 is 16.0 Å². The van der Waals surface area contributed by atoms with E-state index in [0.717, 1.165) is 36.2 Å². The monoisotopic (exact) mass is 571 g/mol. The first-order chi connectivity index (χ1) is 19.1. The summed E-state index contributed by atoms with van der Waals surface area (Å²) in [6, 6.07) is 7.46. The minimum absolute atomic E-state index is 0.0891. The molecule has 3 aromatic heterocycles. The molecule has 1 saturated heterocycles. The lowest BCUT2D eigenvalue weighted by atomic mass is 10.1. The van der Waals surface area contributed by atoms with Gasteiger partial charge in [-0.15, -0.1) is 11.3 Å². The van der Waals surface area contributed by atoms with Crippen molar-refractivity contribution in [2.75, 3.05) is 20.3 Å². The number of aliphatic carboxylic acids is 1. The Kier molecular flexibility index (Phi) is 8.92. The van der Waals surface area contributed by atoms with Gasteiger partial charge in [0.25, 0.3) is 5.56 Å². The number of nitrogens with zero attached hydrogens (tertiary/aromatic N) is 3. The smallest absolute Gasteiger partial charge is 0.333 e.